The van der Waals surface area contributed by atoms with Crippen LogP contribution in [0.5, 0.6) is 0 Å². The van der Waals surface area contributed by atoms with Crippen molar-refractivity contribution in [1.82, 2.24) is 4.98 Å². The van der Waals surface area contributed by atoms with Gasteiger partial charge in [-0.15, -0.1) is 0 Å². The van der Waals surface area contributed by atoms with Gasteiger partial charge in [0.1, 0.15) is 11.8 Å². The van der Waals surface area contributed by atoms with Crippen LogP contribution in [0.4, 0.5) is 13.2 Å². The fourth-order valence-corrected chi connectivity index (χ4v) is 0.980. The molecule has 0 radical (unpaired) electrons. The Bertz CT molecular complexity index is 450. The first-order chi connectivity index (χ1) is 6.86. The summed E-state index contributed by atoms with van der Waals surface area (Å²) in [5.41, 5.74) is -2.59. The van der Waals surface area contributed by atoms with Gasteiger partial charge in [-0.25, -0.2) is 4.98 Å². The van der Waals surface area contributed by atoms with Gasteiger partial charge in [0.05, 0.1) is 5.56 Å². The van der Waals surface area contributed by atoms with E-state index in [1.54, 1.807) is 0 Å². The van der Waals surface area contributed by atoms with Crippen LogP contribution < -0.4 is 0 Å². The van der Waals surface area contributed by atoms with E-state index in [-0.39, 0.29) is 0 Å². The Balaban J connectivity index is 3.40. The third-order valence-electron chi connectivity index (χ3n) is 1.49. The summed E-state index contributed by atoms with van der Waals surface area (Å²) in [4.78, 5) is 13.6. The molecular weight excluding hydrogens is 233 g/mol. The molecule has 0 atom stereocenters. The number of alkyl halides is 3. The summed E-state index contributed by atoms with van der Waals surface area (Å²) in [6.07, 6.45) is -4.78. The van der Waals surface area contributed by atoms with Crippen LogP contribution >= 0.6 is 11.6 Å². The first-order valence-electron chi connectivity index (χ1n) is 3.54. The maximum atomic E-state index is 12.3. The molecule has 7 heteroatoms. The summed E-state index contributed by atoms with van der Waals surface area (Å²) in [5, 5.41) is 7.30. The van der Waals surface area contributed by atoms with E-state index < -0.39 is 28.4 Å². The van der Waals surface area contributed by atoms with E-state index >= 15 is 0 Å². The van der Waals surface area contributed by atoms with Crippen LogP contribution in [0.15, 0.2) is 12.1 Å². The Labute approximate surface area is 87.1 Å². The molecule has 0 bridgehead atoms. The van der Waals surface area contributed by atoms with Crippen molar-refractivity contribution in [3.63, 3.8) is 0 Å². The maximum Gasteiger partial charge on any atom is 0.434 e. The minimum Gasteiger partial charge on any atom is -0.274 e. The molecule has 0 N–H and O–H groups in total. The number of carbonyl (C=O) groups excluding carboxylic acids is 1. The van der Waals surface area contributed by atoms with E-state index in [0.717, 1.165) is 12.1 Å². The highest BCUT2D eigenvalue weighted by Crippen LogP contribution is 2.30. The molecule has 0 aliphatic heterocycles. The highest BCUT2D eigenvalue weighted by molar-refractivity contribution is 6.67. The summed E-state index contributed by atoms with van der Waals surface area (Å²) in [7, 11) is 0. The Hall–Kier alpha value is -1.61. The highest BCUT2D eigenvalue weighted by atomic mass is 35.5. The first kappa shape index (κ1) is 11.5. The summed E-state index contributed by atoms with van der Waals surface area (Å²) in [6, 6.07) is 3.15. The van der Waals surface area contributed by atoms with Gasteiger partial charge in [-0.2, -0.15) is 18.4 Å². The fourth-order valence-electron chi connectivity index (χ4n) is 0.875. The molecule has 0 saturated heterocycles. The van der Waals surface area contributed by atoms with Gasteiger partial charge in [-0.1, -0.05) is 0 Å². The molecule has 1 heterocycles. The lowest BCUT2D eigenvalue weighted by atomic mass is 10.2. The second-order valence-corrected chi connectivity index (χ2v) is 2.82. The Morgan fingerprint density at radius 2 is 2.07 bits per heavy atom. The van der Waals surface area contributed by atoms with Crippen molar-refractivity contribution in [2.75, 3.05) is 0 Å². The second kappa shape index (κ2) is 3.87. The molecule has 15 heavy (non-hydrogen) atoms. The Kier molecular flexibility index (Phi) is 2.95. The fraction of sp³-hybridized carbons (Fsp3) is 0.125. The first-order valence-corrected chi connectivity index (χ1v) is 3.92. The molecule has 3 nitrogen and oxygen atoms in total. The highest BCUT2D eigenvalue weighted by Gasteiger charge is 2.36. The summed E-state index contributed by atoms with van der Waals surface area (Å²) in [5.74, 6) is 0. The van der Waals surface area contributed by atoms with E-state index in [9.17, 15) is 18.0 Å². The number of aromatic nitrogens is 1. The average Bonchev–Trinajstić information content (AvgIpc) is 2.15. The average molecular weight is 235 g/mol. The summed E-state index contributed by atoms with van der Waals surface area (Å²) < 4.78 is 36.9. The number of pyridine rings is 1. The smallest absolute Gasteiger partial charge is 0.274 e. The third kappa shape index (κ3) is 2.44. The lowest BCUT2D eigenvalue weighted by Gasteiger charge is -2.07. The molecule has 0 amide bonds. The van der Waals surface area contributed by atoms with Crippen molar-refractivity contribution in [2.24, 2.45) is 0 Å². The quantitative estimate of drug-likeness (QED) is 0.701. The number of carbonyl (C=O) groups is 1. The summed E-state index contributed by atoms with van der Waals surface area (Å²) in [6.45, 7) is 0. The second-order valence-electron chi connectivity index (χ2n) is 2.48. The minimum absolute atomic E-state index is 0.539. The molecular formula is C8H2ClF3N2O. The van der Waals surface area contributed by atoms with Crippen LogP contribution in [0.3, 0.4) is 0 Å². The van der Waals surface area contributed by atoms with Gasteiger partial charge in [-0.05, 0) is 23.7 Å². The van der Waals surface area contributed by atoms with Crippen molar-refractivity contribution in [2.45, 2.75) is 6.18 Å². The number of nitrogens with zero attached hydrogens (tertiary/aromatic N) is 2. The minimum atomic E-state index is -4.78. The van der Waals surface area contributed by atoms with Crippen LogP contribution in [0, 0.1) is 11.3 Å². The SMILES string of the molecule is N#Cc1ccc(C(=O)Cl)nc1C(F)(F)F. The monoisotopic (exact) mass is 234 g/mol. The van der Waals surface area contributed by atoms with Gasteiger partial charge in [0.2, 0.25) is 0 Å². The number of hydrogen-bond donors (Lipinski definition) is 0. The Morgan fingerprint density at radius 3 is 2.47 bits per heavy atom. The zero-order valence-corrected chi connectivity index (χ0v) is 7.73. The lowest BCUT2D eigenvalue weighted by molar-refractivity contribution is -0.141. The van der Waals surface area contributed by atoms with Crippen LogP contribution in [-0.4, -0.2) is 10.2 Å². The van der Waals surface area contributed by atoms with Gasteiger partial charge >= 0.3 is 6.18 Å². The van der Waals surface area contributed by atoms with Gasteiger partial charge < -0.3 is 0 Å². The number of halogens is 4. The molecule has 1 aromatic rings. The van der Waals surface area contributed by atoms with E-state index in [2.05, 4.69) is 4.98 Å². The predicted octanol–water partition coefficient (Wildman–Crippen LogP) is 2.35. The molecule has 0 aromatic carbocycles. The van der Waals surface area contributed by atoms with Crippen molar-refractivity contribution in [3.8, 4) is 6.07 Å². The van der Waals surface area contributed by atoms with Crippen molar-refractivity contribution >= 4 is 16.8 Å². The van der Waals surface area contributed by atoms with Gasteiger partial charge in [0.25, 0.3) is 5.24 Å². The molecule has 0 fully saturated rings. The number of rotatable bonds is 1. The predicted molar refractivity (Wildman–Crippen MR) is 44.1 cm³/mol. The van der Waals surface area contributed by atoms with E-state index in [0.29, 0.717) is 0 Å². The summed E-state index contributed by atoms with van der Waals surface area (Å²) >= 11 is 4.97. The molecule has 1 aromatic heterocycles. The molecule has 1 rings (SSSR count). The van der Waals surface area contributed by atoms with E-state index in [1.807, 2.05) is 0 Å². The maximum absolute atomic E-state index is 12.3. The third-order valence-corrected chi connectivity index (χ3v) is 1.68. The normalized spacial score (nSPS) is 10.9. The topological polar surface area (TPSA) is 53.8 Å². The van der Waals surface area contributed by atoms with Crippen molar-refractivity contribution < 1.29 is 18.0 Å². The van der Waals surface area contributed by atoms with E-state index in [1.165, 1.54) is 6.07 Å². The zero-order valence-electron chi connectivity index (χ0n) is 6.97. The van der Waals surface area contributed by atoms with Crippen molar-refractivity contribution in [3.05, 3.63) is 29.1 Å². The number of nitriles is 1. The van der Waals surface area contributed by atoms with Crippen LogP contribution in [0.2, 0.25) is 0 Å². The molecule has 0 saturated carbocycles. The molecule has 0 aliphatic carbocycles. The van der Waals surface area contributed by atoms with Gasteiger partial charge in [0.15, 0.2) is 5.69 Å². The van der Waals surface area contributed by atoms with Crippen LogP contribution in [-0.2, 0) is 6.18 Å². The molecule has 78 valence electrons. The largest absolute Gasteiger partial charge is 0.434 e. The zero-order chi connectivity index (χ0) is 11.6. The lowest BCUT2D eigenvalue weighted by Crippen LogP contribution is -2.13. The van der Waals surface area contributed by atoms with Gasteiger partial charge in [0, 0.05) is 0 Å². The van der Waals surface area contributed by atoms with Crippen LogP contribution in [0.1, 0.15) is 21.7 Å². The van der Waals surface area contributed by atoms with Gasteiger partial charge in [-0.3, -0.25) is 4.79 Å². The van der Waals surface area contributed by atoms with Crippen LogP contribution in [0.25, 0.3) is 0 Å². The van der Waals surface area contributed by atoms with E-state index in [4.69, 9.17) is 16.9 Å². The Morgan fingerprint density at radius 1 is 1.47 bits per heavy atom. The molecule has 0 unspecified atom stereocenters. The molecule has 0 spiro atoms. The standard InChI is InChI=1S/C8H2ClF3N2O/c9-7(15)5-2-1-4(3-13)6(14-5)8(10,11)12/h1-2H. The molecule has 0 aliphatic rings. The van der Waals surface area contributed by atoms with Crippen molar-refractivity contribution in [1.29, 1.82) is 5.26 Å². The number of hydrogen-bond acceptors (Lipinski definition) is 3.